The van der Waals surface area contributed by atoms with Crippen LogP contribution in [0.25, 0.3) is 0 Å². The minimum atomic E-state index is -1.31. The van der Waals surface area contributed by atoms with Crippen molar-refractivity contribution in [1.82, 2.24) is 13.6 Å². The van der Waals surface area contributed by atoms with Crippen molar-refractivity contribution in [3.8, 4) is 0 Å². The Kier molecular flexibility index (Phi) is 3.40. The van der Waals surface area contributed by atoms with Crippen molar-refractivity contribution in [2.24, 2.45) is 11.8 Å². The van der Waals surface area contributed by atoms with Crippen LogP contribution in [0.3, 0.4) is 0 Å². The lowest BCUT2D eigenvalue weighted by atomic mass is 9.74. The highest BCUT2D eigenvalue weighted by molar-refractivity contribution is 7.99. The molecule has 0 amide bonds. The summed E-state index contributed by atoms with van der Waals surface area (Å²) in [6, 6.07) is 0. The summed E-state index contributed by atoms with van der Waals surface area (Å²) >= 11 is 2.91. The number of carbonyl (C=O) groups is 2. The molecule has 7 nitrogen and oxygen atoms in total. The van der Waals surface area contributed by atoms with Crippen LogP contribution in [0.5, 0.6) is 0 Å². The Balaban J connectivity index is 1.51. The molecule has 5 heterocycles. The van der Waals surface area contributed by atoms with Gasteiger partial charge in [0, 0.05) is 18.8 Å². The summed E-state index contributed by atoms with van der Waals surface area (Å²) in [6.45, 7) is 1.54. The normalized spacial score (nSPS) is 33.8. The van der Waals surface area contributed by atoms with Crippen molar-refractivity contribution < 1.29 is 19.1 Å². The molecule has 9 heteroatoms. The standard InChI is InChI=1S/C15H17N3O4S2/c19-13-14(20)22-15(21-13)10(9-3-5-18(15)6-4-9)11-12(17-24-16-11)23-7-8-1-2-8/h8-10H,1-7H2. The van der Waals surface area contributed by atoms with E-state index in [2.05, 4.69) is 8.75 Å². The van der Waals surface area contributed by atoms with Crippen molar-refractivity contribution in [3.05, 3.63) is 5.69 Å². The molecule has 1 saturated carbocycles. The molecule has 4 aliphatic heterocycles. The average molecular weight is 367 g/mol. The number of esters is 2. The highest BCUT2D eigenvalue weighted by Crippen LogP contribution is 2.54. The van der Waals surface area contributed by atoms with E-state index in [4.69, 9.17) is 9.47 Å². The third-order valence-corrected chi connectivity index (χ3v) is 7.29. The molecule has 1 aromatic rings. The smallest absolute Gasteiger partial charge is 0.399 e. The molecule has 1 unspecified atom stereocenters. The molecule has 1 aromatic heterocycles. The van der Waals surface area contributed by atoms with Gasteiger partial charge in [-0.1, -0.05) is 0 Å². The fraction of sp³-hybridized carbons (Fsp3) is 0.733. The lowest BCUT2D eigenvalue weighted by molar-refractivity contribution is -0.300. The van der Waals surface area contributed by atoms with E-state index >= 15 is 0 Å². The SMILES string of the molecule is O=C1OC2(OC1=O)C(c1nsnc1SCC1CC1)C1CCN2CC1. The highest BCUT2D eigenvalue weighted by Gasteiger charge is 2.65. The summed E-state index contributed by atoms with van der Waals surface area (Å²) < 4.78 is 20.0. The zero-order valence-electron chi connectivity index (χ0n) is 13.0. The van der Waals surface area contributed by atoms with Crippen LogP contribution in [0.15, 0.2) is 5.03 Å². The molecule has 0 aromatic carbocycles. The summed E-state index contributed by atoms with van der Waals surface area (Å²) in [5, 5.41) is 0.907. The summed E-state index contributed by atoms with van der Waals surface area (Å²) in [7, 11) is 0. The van der Waals surface area contributed by atoms with Gasteiger partial charge >= 0.3 is 17.8 Å². The predicted molar refractivity (Wildman–Crippen MR) is 85.3 cm³/mol. The topological polar surface area (TPSA) is 81.6 Å². The van der Waals surface area contributed by atoms with Gasteiger partial charge in [0.15, 0.2) is 0 Å². The molecule has 5 aliphatic rings. The van der Waals surface area contributed by atoms with Gasteiger partial charge < -0.3 is 9.47 Å². The Morgan fingerprint density at radius 3 is 2.50 bits per heavy atom. The summed E-state index contributed by atoms with van der Waals surface area (Å²) in [5.74, 6) is -1.22. The number of aromatic nitrogens is 2. The molecule has 1 atom stereocenters. The number of fused-ring (bicyclic) bond motifs is 2. The molecule has 2 bridgehead atoms. The second kappa shape index (κ2) is 5.40. The lowest BCUT2D eigenvalue weighted by Gasteiger charge is -2.53. The third kappa shape index (κ3) is 2.21. The van der Waals surface area contributed by atoms with E-state index < -0.39 is 17.8 Å². The van der Waals surface area contributed by atoms with Gasteiger partial charge in [-0.2, -0.15) is 8.75 Å². The lowest BCUT2D eigenvalue weighted by Crippen LogP contribution is -2.64. The van der Waals surface area contributed by atoms with Gasteiger partial charge in [0.1, 0.15) is 16.6 Å². The van der Waals surface area contributed by atoms with Crippen LogP contribution in [0.1, 0.15) is 37.3 Å². The fourth-order valence-electron chi connectivity index (χ4n) is 4.02. The van der Waals surface area contributed by atoms with Gasteiger partial charge in [0.25, 0.3) is 0 Å². The Morgan fingerprint density at radius 2 is 1.83 bits per heavy atom. The molecule has 0 radical (unpaired) electrons. The summed E-state index contributed by atoms with van der Waals surface area (Å²) in [6.07, 6.45) is 4.56. The Hall–Kier alpha value is -1.19. The fourth-order valence-corrected chi connectivity index (χ4v) is 5.93. The Labute approximate surface area is 147 Å². The molecule has 5 fully saturated rings. The van der Waals surface area contributed by atoms with E-state index in [1.807, 2.05) is 4.90 Å². The number of ether oxygens (including phenoxy) is 2. The monoisotopic (exact) mass is 367 g/mol. The Morgan fingerprint density at radius 1 is 1.12 bits per heavy atom. The molecule has 1 aliphatic carbocycles. The summed E-state index contributed by atoms with van der Waals surface area (Å²) in [5.41, 5.74) is 0.836. The van der Waals surface area contributed by atoms with Gasteiger partial charge in [0.2, 0.25) is 0 Å². The van der Waals surface area contributed by atoms with Gasteiger partial charge in [-0.3, -0.25) is 0 Å². The van der Waals surface area contributed by atoms with Crippen molar-refractivity contribution in [1.29, 1.82) is 0 Å². The number of nitrogens with zero attached hydrogens (tertiary/aromatic N) is 3. The average Bonchev–Trinajstić information content (AvgIpc) is 3.23. The van der Waals surface area contributed by atoms with Crippen LogP contribution in [-0.2, 0) is 19.1 Å². The predicted octanol–water partition coefficient (Wildman–Crippen LogP) is 1.60. The number of thioether (sulfide) groups is 1. The van der Waals surface area contributed by atoms with Crippen LogP contribution in [0.4, 0.5) is 0 Å². The van der Waals surface area contributed by atoms with Gasteiger partial charge in [-0.25, -0.2) is 14.5 Å². The van der Waals surface area contributed by atoms with Crippen molar-refractivity contribution in [2.75, 3.05) is 18.8 Å². The molecule has 1 spiro atoms. The molecule has 4 saturated heterocycles. The van der Waals surface area contributed by atoms with E-state index in [1.165, 1.54) is 24.6 Å². The van der Waals surface area contributed by atoms with Crippen LogP contribution >= 0.6 is 23.5 Å². The minimum Gasteiger partial charge on any atom is -0.399 e. The number of rotatable bonds is 4. The van der Waals surface area contributed by atoms with E-state index in [-0.39, 0.29) is 11.8 Å². The van der Waals surface area contributed by atoms with E-state index in [9.17, 15) is 9.59 Å². The first-order valence-electron chi connectivity index (χ1n) is 8.34. The molecule has 24 heavy (non-hydrogen) atoms. The van der Waals surface area contributed by atoms with Gasteiger partial charge in [-0.05, 0) is 37.5 Å². The van der Waals surface area contributed by atoms with Crippen LogP contribution in [0.2, 0.25) is 0 Å². The molecular formula is C15H17N3O4S2. The first kappa shape index (κ1) is 15.1. The van der Waals surface area contributed by atoms with E-state index in [0.717, 1.165) is 48.3 Å². The first-order valence-corrected chi connectivity index (χ1v) is 10.1. The van der Waals surface area contributed by atoms with Gasteiger partial charge in [-0.15, -0.1) is 11.8 Å². The molecule has 0 N–H and O–H groups in total. The maximum Gasteiger partial charge on any atom is 0.421 e. The van der Waals surface area contributed by atoms with Crippen LogP contribution in [-0.4, -0.2) is 50.3 Å². The number of piperidine rings is 3. The van der Waals surface area contributed by atoms with Gasteiger partial charge in [0.05, 0.1) is 11.7 Å². The van der Waals surface area contributed by atoms with Crippen molar-refractivity contribution in [2.45, 2.75) is 42.5 Å². The highest BCUT2D eigenvalue weighted by atomic mass is 32.2. The molecule has 128 valence electrons. The van der Waals surface area contributed by atoms with Crippen molar-refractivity contribution in [3.63, 3.8) is 0 Å². The minimum absolute atomic E-state index is 0.240. The zero-order chi connectivity index (χ0) is 16.3. The Bertz CT molecular complexity index is 681. The quantitative estimate of drug-likeness (QED) is 0.451. The number of hydrogen-bond acceptors (Lipinski definition) is 9. The molecular weight excluding hydrogens is 350 g/mol. The van der Waals surface area contributed by atoms with E-state index in [1.54, 1.807) is 11.8 Å². The van der Waals surface area contributed by atoms with Crippen LogP contribution < -0.4 is 0 Å². The second-order valence-corrected chi connectivity index (χ2v) is 8.46. The maximum absolute atomic E-state index is 11.8. The molecule has 6 rings (SSSR count). The van der Waals surface area contributed by atoms with E-state index in [0.29, 0.717) is 0 Å². The number of carbonyl (C=O) groups excluding carboxylic acids is 2. The third-order valence-electron chi connectivity index (χ3n) is 5.42. The zero-order valence-corrected chi connectivity index (χ0v) is 14.6. The van der Waals surface area contributed by atoms with Crippen molar-refractivity contribution >= 4 is 35.4 Å². The maximum atomic E-state index is 11.8. The first-order chi connectivity index (χ1) is 11.7. The van der Waals surface area contributed by atoms with Crippen LogP contribution in [0, 0.1) is 11.8 Å². The second-order valence-electron chi connectivity index (χ2n) is 6.92. The number of hydrogen-bond donors (Lipinski definition) is 0. The largest absolute Gasteiger partial charge is 0.421 e. The summed E-state index contributed by atoms with van der Waals surface area (Å²) in [4.78, 5) is 25.6.